The number of fused-ring (bicyclic) bond motifs is 1. The molecule has 1 unspecified atom stereocenters. The molecule has 0 aliphatic heterocycles. The first-order valence-corrected chi connectivity index (χ1v) is 6.65. The average Bonchev–Trinajstić information content (AvgIpc) is 2.79. The van der Waals surface area contributed by atoms with Crippen molar-refractivity contribution in [2.45, 2.75) is 13.3 Å². The predicted molar refractivity (Wildman–Crippen MR) is 76.5 cm³/mol. The summed E-state index contributed by atoms with van der Waals surface area (Å²) in [6, 6.07) is 7.24. The molecule has 0 saturated carbocycles. The molecular weight excluding hydrogens is 264 g/mol. The Balaban J connectivity index is 2.05. The van der Waals surface area contributed by atoms with E-state index in [0.717, 1.165) is 10.9 Å². The number of carbonyl (C=O) groups excluding carboxylic acids is 1. The highest BCUT2D eigenvalue weighted by atomic mass is 35.5. The first-order chi connectivity index (χ1) is 9.10. The quantitative estimate of drug-likeness (QED) is 0.788. The summed E-state index contributed by atoms with van der Waals surface area (Å²) in [7, 11) is 0. The zero-order chi connectivity index (χ0) is 13.8. The minimum Gasteiger partial charge on any atom is -0.396 e. The van der Waals surface area contributed by atoms with E-state index in [0.29, 0.717) is 23.7 Å². The molecular formula is C14H17ClN2O2. The van der Waals surface area contributed by atoms with Crippen LogP contribution in [0.5, 0.6) is 0 Å². The molecule has 4 nitrogen and oxygen atoms in total. The van der Waals surface area contributed by atoms with Crippen LogP contribution in [0.1, 0.15) is 23.8 Å². The summed E-state index contributed by atoms with van der Waals surface area (Å²) in [4.78, 5) is 15.0. The van der Waals surface area contributed by atoms with Crippen LogP contribution in [0.15, 0.2) is 24.3 Å². The van der Waals surface area contributed by atoms with Gasteiger partial charge in [-0.25, -0.2) is 0 Å². The second-order valence-electron chi connectivity index (χ2n) is 4.74. The third-order valence-corrected chi connectivity index (χ3v) is 3.30. The molecule has 1 heterocycles. The fourth-order valence-corrected chi connectivity index (χ4v) is 2.09. The molecule has 0 spiro atoms. The number of aromatic amines is 1. The third kappa shape index (κ3) is 3.49. The summed E-state index contributed by atoms with van der Waals surface area (Å²) < 4.78 is 0. The zero-order valence-corrected chi connectivity index (χ0v) is 11.5. The number of aliphatic hydroxyl groups excluding tert-OH is 1. The lowest BCUT2D eigenvalue weighted by atomic mass is 10.1. The number of rotatable bonds is 5. The average molecular weight is 281 g/mol. The monoisotopic (exact) mass is 280 g/mol. The summed E-state index contributed by atoms with van der Waals surface area (Å²) in [5.74, 6) is 0.116. The van der Waals surface area contributed by atoms with Crippen LogP contribution in [0.3, 0.4) is 0 Å². The number of aliphatic hydroxyl groups is 1. The SMILES string of the molecule is CC(CCO)CNC(=O)c1cc2cc(Cl)ccc2[nH]1. The van der Waals surface area contributed by atoms with Crippen molar-refractivity contribution in [2.75, 3.05) is 13.2 Å². The van der Waals surface area contributed by atoms with Gasteiger partial charge in [0.1, 0.15) is 5.69 Å². The van der Waals surface area contributed by atoms with E-state index in [1.54, 1.807) is 12.1 Å². The fraction of sp³-hybridized carbons (Fsp3) is 0.357. The van der Waals surface area contributed by atoms with Crippen molar-refractivity contribution in [3.05, 3.63) is 35.0 Å². The number of benzene rings is 1. The van der Waals surface area contributed by atoms with E-state index in [9.17, 15) is 4.79 Å². The standard InChI is InChI=1S/C14H17ClN2O2/c1-9(4-5-18)8-16-14(19)13-7-10-6-11(15)2-3-12(10)17-13/h2-3,6-7,9,17-18H,4-5,8H2,1H3,(H,16,19). The molecule has 2 aromatic rings. The van der Waals surface area contributed by atoms with Gasteiger partial charge in [-0.3, -0.25) is 4.79 Å². The Bertz CT molecular complexity index is 580. The minimum absolute atomic E-state index is 0.141. The van der Waals surface area contributed by atoms with Gasteiger partial charge >= 0.3 is 0 Å². The summed E-state index contributed by atoms with van der Waals surface area (Å²) in [6.45, 7) is 2.68. The molecule has 1 aromatic carbocycles. The second kappa shape index (κ2) is 6.08. The van der Waals surface area contributed by atoms with Crippen molar-refractivity contribution in [1.29, 1.82) is 0 Å². The lowest BCUT2D eigenvalue weighted by Crippen LogP contribution is -2.28. The maximum Gasteiger partial charge on any atom is 0.267 e. The van der Waals surface area contributed by atoms with E-state index in [2.05, 4.69) is 10.3 Å². The lowest BCUT2D eigenvalue weighted by Gasteiger charge is -2.10. The van der Waals surface area contributed by atoms with Crippen LogP contribution in [-0.4, -0.2) is 29.1 Å². The summed E-state index contributed by atoms with van der Waals surface area (Å²) in [5, 5.41) is 13.2. The molecule has 5 heteroatoms. The first kappa shape index (κ1) is 13.9. The Morgan fingerprint density at radius 1 is 1.47 bits per heavy atom. The Morgan fingerprint density at radius 2 is 2.26 bits per heavy atom. The van der Waals surface area contributed by atoms with Gasteiger partial charge in [-0.05, 0) is 36.6 Å². The van der Waals surface area contributed by atoms with E-state index in [1.807, 2.05) is 19.1 Å². The summed E-state index contributed by atoms with van der Waals surface area (Å²) in [6.07, 6.45) is 0.683. The van der Waals surface area contributed by atoms with E-state index in [1.165, 1.54) is 0 Å². The minimum atomic E-state index is -0.142. The smallest absolute Gasteiger partial charge is 0.267 e. The van der Waals surface area contributed by atoms with Crippen LogP contribution in [0, 0.1) is 5.92 Å². The molecule has 0 saturated heterocycles. The van der Waals surface area contributed by atoms with Crippen molar-refractivity contribution in [3.8, 4) is 0 Å². The van der Waals surface area contributed by atoms with E-state index < -0.39 is 0 Å². The second-order valence-corrected chi connectivity index (χ2v) is 5.18. The number of nitrogens with one attached hydrogen (secondary N) is 2. The van der Waals surface area contributed by atoms with Gasteiger partial charge in [0.05, 0.1) is 0 Å². The Hall–Kier alpha value is -1.52. The van der Waals surface area contributed by atoms with Crippen molar-refractivity contribution in [2.24, 2.45) is 5.92 Å². The van der Waals surface area contributed by atoms with Crippen molar-refractivity contribution in [3.63, 3.8) is 0 Å². The van der Waals surface area contributed by atoms with E-state index in [-0.39, 0.29) is 18.4 Å². The van der Waals surface area contributed by atoms with Crippen LogP contribution in [0.2, 0.25) is 5.02 Å². The number of H-pyrrole nitrogens is 1. The maximum absolute atomic E-state index is 12.0. The van der Waals surface area contributed by atoms with E-state index >= 15 is 0 Å². The van der Waals surface area contributed by atoms with Gasteiger partial charge in [0.2, 0.25) is 0 Å². The molecule has 0 fully saturated rings. The number of amides is 1. The molecule has 1 atom stereocenters. The van der Waals surface area contributed by atoms with Gasteiger partial charge < -0.3 is 15.4 Å². The topological polar surface area (TPSA) is 65.1 Å². The fourth-order valence-electron chi connectivity index (χ4n) is 1.91. The first-order valence-electron chi connectivity index (χ1n) is 6.27. The number of aromatic nitrogens is 1. The van der Waals surface area contributed by atoms with Crippen LogP contribution >= 0.6 is 11.6 Å². The number of carbonyl (C=O) groups is 1. The molecule has 0 aliphatic carbocycles. The number of hydrogen-bond donors (Lipinski definition) is 3. The van der Waals surface area contributed by atoms with Gasteiger partial charge in [0.15, 0.2) is 0 Å². The lowest BCUT2D eigenvalue weighted by molar-refractivity contribution is 0.0941. The highest BCUT2D eigenvalue weighted by Crippen LogP contribution is 2.20. The summed E-state index contributed by atoms with van der Waals surface area (Å²) in [5.41, 5.74) is 1.41. The Labute approximate surface area is 116 Å². The van der Waals surface area contributed by atoms with Gasteiger partial charge in [0.25, 0.3) is 5.91 Å². The normalized spacial score (nSPS) is 12.6. The zero-order valence-electron chi connectivity index (χ0n) is 10.7. The van der Waals surface area contributed by atoms with Gasteiger partial charge in [0, 0.05) is 29.1 Å². The molecule has 102 valence electrons. The molecule has 0 aliphatic rings. The highest BCUT2D eigenvalue weighted by Gasteiger charge is 2.10. The van der Waals surface area contributed by atoms with Gasteiger partial charge in [-0.15, -0.1) is 0 Å². The van der Waals surface area contributed by atoms with Crippen molar-refractivity contribution in [1.82, 2.24) is 10.3 Å². The van der Waals surface area contributed by atoms with E-state index in [4.69, 9.17) is 16.7 Å². The summed E-state index contributed by atoms with van der Waals surface area (Å²) >= 11 is 5.91. The molecule has 1 aromatic heterocycles. The van der Waals surface area contributed by atoms with Crippen LogP contribution in [0.25, 0.3) is 10.9 Å². The van der Waals surface area contributed by atoms with Crippen molar-refractivity contribution < 1.29 is 9.90 Å². The van der Waals surface area contributed by atoms with Crippen LogP contribution in [-0.2, 0) is 0 Å². The van der Waals surface area contributed by atoms with Crippen molar-refractivity contribution >= 4 is 28.4 Å². The Kier molecular flexibility index (Phi) is 4.45. The van der Waals surface area contributed by atoms with Gasteiger partial charge in [-0.2, -0.15) is 0 Å². The largest absolute Gasteiger partial charge is 0.396 e. The molecule has 2 rings (SSSR count). The molecule has 1 amide bonds. The van der Waals surface area contributed by atoms with Crippen LogP contribution < -0.4 is 5.32 Å². The van der Waals surface area contributed by atoms with Gasteiger partial charge in [-0.1, -0.05) is 18.5 Å². The molecule has 19 heavy (non-hydrogen) atoms. The molecule has 3 N–H and O–H groups in total. The van der Waals surface area contributed by atoms with Crippen LogP contribution in [0.4, 0.5) is 0 Å². The molecule has 0 bridgehead atoms. The number of hydrogen-bond acceptors (Lipinski definition) is 2. The maximum atomic E-state index is 12.0. The molecule has 0 radical (unpaired) electrons. The number of halogens is 1. The third-order valence-electron chi connectivity index (χ3n) is 3.06. The Morgan fingerprint density at radius 3 is 3.00 bits per heavy atom. The highest BCUT2D eigenvalue weighted by molar-refractivity contribution is 6.31. The predicted octanol–water partition coefficient (Wildman–Crippen LogP) is 2.57.